The molecule has 0 fully saturated rings. The zero-order valence-corrected chi connectivity index (χ0v) is 9.50. The number of hydrogen-bond acceptors (Lipinski definition) is 6. The number of nitrogen functional groups attached to an aromatic ring is 1. The van der Waals surface area contributed by atoms with Gasteiger partial charge in [-0.2, -0.15) is 4.98 Å². The van der Waals surface area contributed by atoms with Crippen molar-refractivity contribution >= 4 is 22.1 Å². The fourth-order valence-corrected chi connectivity index (χ4v) is 1.79. The highest BCUT2D eigenvalue weighted by Crippen LogP contribution is 2.28. The molecule has 3 rings (SSSR count). The number of nitrogens with zero attached hydrogens (tertiary/aromatic N) is 3. The quantitative estimate of drug-likeness (QED) is 0.680. The first-order valence-electron chi connectivity index (χ1n) is 5.46. The van der Waals surface area contributed by atoms with Gasteiger partial charge in [0.15, 0.2) is 5.82 Å². The van der Waals surface area contributed by atoms with Gasteiger partial charge in [0.05, 0.1) is 17.9 Å². The molecule has 0 spiro atoms. The number of aromatic nitrogens is 3. The van der Waals surface area contributed by atoms with Gasteiger partial charge < -0.3 is 15.6 Å². The van der Waals surface area contributed by atoms with Crippen molar-refractivity contribution in [2.75, 3.05) is 11.1 Å². The van der Waals surface area contributed by atoms with Crippen molar-refractivity contribution in [3.05, 3.63) is 42.8 Å². The Balaban J connectivity index is 1.90. The fraction of sp³-hybridized carbons (Fsp3) is 0.0833. The van der Waals surface area contributed by atoms with E-state index in [-0.39, 0.29) is 0 Å². The van der Waals surface area contributed by atoms with Gasteiger partial charge in [-0.15, -0.1) is 0 Å². The minimum atomic E-state index is 0.470. The van der Waals surface area contributed by atoms with Gasteiger partial charge in [-0.25, -0.2) is 0 Å². The number of pyridine rings is 1. The van der Waals surface area contributed by atoms with Crippen molar-refractivity contribution in [1.29, 1.82) is 0 Å². The zero-order chi connectivity index (χ0) is 12.4. The average molecular weight is 241 g/mol. The van der Waals surface area contributed by atoms with E-state index >= 15 is 0 Å². The third-order valence-electron chi connectivity index (χ3n) is 2.71. The third-order valence-corrected chi connectivity index (χ3v) is 2.71. The van der Waals surface area contributed by atoms with Crippen LogP contribution in [-0.2, 0) is 6.54 Å². The largest absolute Gasteiger partial charge is 0.397 e. The highest BCUT2D eigenvalue weighted by atomic mass is 16.5. The summed E-state index contributed by atoms with van der Waals surface area (Å²) in [6.45, 7) is 0.470. The Hall–Kier alpha value is -2.63. The molecule has 0 aliphatic rings. The molecule has 0 aliphatic heterocycles. The number of rotatable bonds is 3. The summed E-state index contributed by atoms with van der Waals surface area (Å²) in [7, 11) is 0. The molecule has 90 valence electrons. The molecule has 2 heterocycles. The van der Waals surface area contributed by atoms with Crippen molar-refractivity contribution in [1.82, 2.24) is 15.1 Å². The fourth-order valence-electron chi connectivity index (χ4n) is 1.79. The molecule has 0 aliphatic carbocycles. The van der Waals surface area contributed by atoms with E-state index in [0.717, 1.165) is 16.5 Å². The van der Waals surface area contributed by atoms with E-state index < -0.39 is 0 Å². The molecule has 0 amide bonds. The lowest BCUT2D eigenvalue weighted by molar-refractivity contribution is 0.411. The topological polar surface area (TPSA) is 89.9 Å². The monoisotopic (exact) mass is 241 g/mol. The van der Waals surface area contributed by atoms with Gasteiger partial charge in [-0.3, -0.25) is 4.98 Å². The van der Waals surface area contributed by atoms with Crippen molar-refractivity contribution in [2.45, 2.75) is 6.54 Å². The Morgan fingerprint density at radius 1 is 1.28 bits per heavy atom. The Morgan fingerprint density at radius 2 is 2.22 bits per heavy atom. The predicted octanol–water partition coefficient (Wildman–Crippen LogP) is 1.81. The SMILES string of the molecule is Nc1c(NCc2ncon2)ccc2cnccc12. The van der Waals surface area contributed by atoms with Crippen LogP contribution in [0.25, 0.3) is 10.8 Å². The number of nitrogens with one attached hydrogen (secondary N) is 1. The van der Waals surface area contributed by atoms with Crippen LogP contribution in [0.4, 0.5) is 11.4 Å². The minimum Gasteiger partial charge on any atom is -0.397 e. The summed E-state index contributed by atoms with van der Waals surface area (Å²) in [6.07, 6.45) is 4.81. The van der Waals surface area contributed by atoms with E-state index in [1.165, 1.54) is 6.39 Å². The number of nitrogens with two attached hydrogens (primary N) is 1. The van der Waals surface area contributed by atoms with Crippen LogP contribution in [0.15, 0.2) is 41.5 Å². The normalized spacial score (nSPS) is 10.7. The molecule has 2 aromatic heterocycles. The Kier molecular flexibility index (Phi) is 2.53. The summed E-state index contributed by atoms with van der Waals surface area (Å²) in [5.41, 5.74) is 7.64. The van der Waals surface area contributed by atoms with Crippen LogP contribution < -0.4 is 11.1 Å². The summed E-state index contributed by atoms with van der Waals surface area (Å²) in [4.78, 5) is 7.99. The smallest absolute Gasteiger partial charge is 0.213 e. The van der Waals surface area contributed by atoms with Crippen LogP contribution in [0.3, 0.4) is 0 Å². The number of hydrogen-bond donors (Lipinski definition) is 2. The van der Waals surface area contributed by atoms with Crippen LogP contribution in [0.2, 0.25) is 0 Å². The Labute approximate surface area is 103 Å². The lowest BCUT2D eigenvalue weighted by Gasteiger charge is -2.09. The molecule has 0 bridgehead atoms. The second-order valence-corrected chi connectivity index (χ2v) is 3.82. The van der Waals surface area contributed by atoms with Gasteiger partial charge in [-0.1, -0.05) is 11.2 Å². The lowest BCUT2D eigenvalue weighted by Crippen LogP contribution is -2.04. The molecule has 0 unspecified atom stereocenters. The Morgan fingerprint density at radius 3 is 3.06 bits per heavy atom. The first-order valence-corrected chi connectivity index (χ1v) is 5.46. The lowest BCUT2D eigenvalue weighted by atomic mass is 10.1. The van der Waals surface area contributed by atoms with E-state index in [9.17, 15) is 0 Å². The summed E-state index contributed by atoms with van der Waals surface area (Å²) in [5.74, 6) is 0.587. The van der Waals surface area contributed by atoms with E-state index in [0.29, 0.717) is 18.1 Å². The maximum Gasteiger partial charge on any atom is 0.213 e. The van der Waals surface area contributed by atoms with E-state index in [1.807, 2.05) is 18.2 Å². The van der Waals surface area contributed by atoms with Crippen molar-refractivity contribution < 1.29 is 4.52 Å². The molecule has 0 atom stereocenters. The molecule has 3 aromatic rings. The maximum atomic E-state index is 6.10. The molecule has 0 radical (unpaired) electrons. The molecule has 0 saturated carbocycles. The third kappa shape index (κ3) is 1.84. The summed E-state index contributed by atoms with van der Waals surface area (Å²) >= 11 is 0. The summed E-state index contributed by atoms with van der Waals surface area (Å²) < 4.78 is 4.66. The number of benzene rings is 1. The molecular formula is C12H11N5O. The van der Waals surface area contributed by atoms with Crippen LogP contribution in [0, 0.1) is 0 Å². The first kappa shape index (κ1) is 10.5. The molecule has 6 heteroatoms. The molecule has 18 heavy (non-hydrogen) atoms. The van der Waals surface area contributed by atoms with Gasteiger partial charge in [0, 0.05) is 23.2 Å². The van der Waals surface area contributed by atoms with E-state index in [1.54, 1.807) is 12.4 Å². The first-order chi connectivity index (χ1) is 8.84. The van der Waals surface area contributed by atoms with E-state index in [2.05, 4.69) is 25.0 Å². The van der Waals surface area contributed by atoms with Crippen molar-refractivity contribution in [3.63, 3.8) is 0 Å². The average Bonchev–Trinajstić information content (AvgIpc) is 2.91. The maximum absolute atomic E-state index is 6.10. The molecule has 0 saturated heterocycles. The van der Waals surface area contributed by atoms with Crippen molar-refractivity contribution in [2.24, 2.45) is 0 Å². The number of fused-ring (bicyclic) bond motifs is 1. The minimum absolute atomic E-state index is 0.470. The predicted molar refractivity (Wildman–Crippen MR) is 67.8 cm³/mol. The van der Waals surface area contributed by atoms with Gasteiger partial charge in [-0.05, 0) is 12.1 Å². The van der Waals surface area contributed by atoms with E-state index in [4.69, 9.17) is 5.73 Å². The zero-order valence-electron chi connectivity index (χ0n) is 9.50. The molecule has 6 nitrogen and oxygen atoms in total. The van der Waals surface area contributed by atoms with Crippen molar-refractivity contribution in [3.8, 4) is 0 Å². The van der Waals surface area contributed by atoms with Crippen LogP contribution in [0.5, 0.6) is 0 Å². The van der Waals surface area contributed by atoms with Crippen LogP contribution in [-0.4, -0.2) is 15.1 Å². The molecule has 1 aromatic carbocycles. The van der Waals surface area contributed by atoms with Gasteiger partial charge in [0.2, 0.25) is 6.39 Å². The Bertz CT molecular complexity index is 665. The second-order valence-electron chi connectivity index (χ2n) is 3.82. The highest BCUT2D eigenvalue weighted by Gasteiger charge is 2.05. The van der Waals surface area contributed by atoms with Gasteiger partial charge in [0.1, 0.15) is 0 Å². The van der Waals surface area contributed by atoms with Crippen LogP contribution >= 0.6 is 0 Å². The van der Waals surface area contributed by atoms with Gasteiger partial charge >= 0.3 is 0 Å². The number of anilines is 2. The molecular weight excluding hydrogens is 230 g/mol. The second kappa shape index (κ2) is 4.33. The summed E-state index contributed by atoms with van der Waals surface area (Å²) in [5, 5.41) is 8.89. The summed E-state index contributed by atoms with van der Waals surface area (Å²) in [6, 6.07) is 5.78. The molecule has 3 N–H and O–H groups in total. The van der Waals surface area contributed by atoms with Crippen LogP contribution in [0.1, 0.15) is 5.82 Å². The standard InChI is InChI=1S/C12H11N5O/c13-12-9-3-4-14-5-8(9)1-2-10(12)15-6-11-16-7-18-17-11/h1-5,7,15H,6,13H2. The highest BCUT2D eigenvalue weighted by molar-refractivity contribution is 5.98. The van der Waals surface area contributed by atoms with Gasteiger partial charge in [0.25, 0.3) is 0 Å².